The fourth-order valence-electron chi connectivity index (χ4n) is 1.52. The van der Waals surface area contributed by atoms with Gasteiger partial charge in [0.25, 0.3) is 5.56 Å². The average Bonchev–Trinajstić information content (AvgIpc) is 2.82. The van der Waals surface area contributed by atoms with Crippen LogP contribution in [0, 0.1) is 0 Å². The molecule has 2 rings (SSSR count). The standard InChI is InChI=1S/C11H17N5O2/c1-2-3-5-18-6-4-12-11-15-9-8(10(17)16-11)13-7-14-9/h7H,2-6H2,1H3,(H3,12,13,14,15,16,17). The Kier molecular flexibility index (Phi) is 4.30. The first-order valence-electron chi connectivity index (χ1n) is 6.06. The van der Waals surface area contributed by atoms with E-state index in [-0.39, 0.29) is 5.56 Å². The zero-order valence-corrected chi connectivity index (χ0v) is 10.3. The highest BCUT2D eigenvalue weighted by molar-refractivity contribution is 5.69. The van der Waals surface area contributed by atoms with Crippen molar-refractivity contribution in [2.45, 2.75) is 19.8 Å². The number of hydrogen-bond donors (Lipinski definition) is 3. The fourth-order valence-corrected chi connectivity index (χ4v) is 1.52. The topological polar surface area (TPSA) is 95.7 Å². The molecule has 2 heterocycles. The fraction of sp³-hybridized carbons (Fsp3) is 0.545. The van der Waals surface area contributed by atoms with Gasteiger partial charge < -0.3 is 15.0 Å². The largest absolute Gasteiger partial charge is 0.380 e. The predicted octanol–water partition coefficient (Wildman–Crippen LogP) is 0.875. The summed E-state index contributed by atoms with van der Waals surface area (Å²) < 4.78 is 5.39. The SMILES string of the molecule is CCCCOCCNc1nc2nc[nH]c2c(=O)[nH]1. The number of imidazole rings is 1. The number of unbranched alkanes of at least 4 members (excludes halogenated alkanes) is 1. The number of aromatic nitrogens is 4. The Balaban J connectivity index is 1.86. The van der Waals surface area contributed by atoms with Gasteiger partial charge in [-0.05, 0) is 6.42 Å². The van der Waals surface area contributed by atoms with Crippen LogP contribution >= 0.6 is 0 Å². The lowest BCUT2D eigenvalue weighted by molar-refractivity contribution is 0.141. The second-order valence-electron chi connectivity index (χ2n) is 3.91. The van der Waals surface area contributed by atoms with Crippen LogP contribution in [0.5, 0.6) is 0 Å². The number of anilines is 1. The van der Waals surface area contributed by atoms with E-state index in [4.69, 9.17) is 4.74 Å². The van der Waals surface area contributed by atoms with Crippen molar-refractivity contribution >= 4 is 17.1 Å². The summed E-state index contributed by atoms with van der Waals surface area (Å²) in [6, 6.07) is 0. The molecule has 0 aromatic carbocycles. The van der Waals surface area contributed by atoms with Gasteiger partial charge in [0.15, 0.2) is 11.2 Å². The molecule has 7 nitrogen and oxygen atoms in total. The summed E-state index contributed by atoms with van der Waals surface area (Å²) in [5.41, 5.74) is 0.569. The molecule has 0 spiro atoms. The molecule has 0 aliphatic rings. The van der Waals surface area contributed by atoms with Gasteiger partial charge in [-0.1, -0.05) is 13.3 Å². The minimum Gasteiger partial charge on any atom is -0.380 e. The number of hydrogen-bond acceptors (Lipinski definition) is 5. The molecular formula is C11H17N5O2. The first-order chi connectivity index (χ1) is 8.81. The van der Waals surface area contributed by atoms with E-state index < -0.39 is 0 Å². The van der Waals surface area contributed by atoms with E-state index in [1.807, 2.05) is 0 Å². The van der Waals surface area contributed by atoms with Crippen molar-refractivity contribution < 1.29 is 4.74 Å². The summed E-state index contributed by atoms with van der Waals surface area (Å²) in [6.07, 6.45) is 3.64. The number of fused-ring (bicyclic) bond motifs is 1. The van der Waals surface area contributed by atoms with Gasteiger partial charge >= 0.3 is 0 Å². The Hall–Kier alpha value is -1.89. The molecule has 0 unspecified atom stereocenters. The lowest BCUT2D eigenvalue weighted by Crippen LogP contribution is -2.16. The van der Waals surface area contributed by atoms with Crippen molar-refractivity contribution in [3.05, 3.63) is 16.7 Å². The number of ether oxygens (including phenoxy) is 1. The molecule has 2 aromatic heterocycles. The molecule has 0 saturated heterocycles. The molecule has 0 amide bonds. The number of rotatable bonds is 7. The van der Waals surface area contributed by atoms with Crippen molar-refractivity contribution in [2.24, 2.45) is 0 Å². The average molecular weight is 251 g/mol. The molecule has 0 fully saturated rings. The van der Waals surface area contributed by atoms with E-state index in [1.54, 1.807) is 0 Å². The Morgan fingerprint density at radius 3 is 3.17 bits per heavy atom. The van der Waals surface area contributed by atoms with Gasteiger partial charge in [-0.25, -0.2) is 4.98 Å². The zero-order valence-electron chi connectivity index (χ0n) is 10.3. The van der Waals surface area contributed by atoms with E-state index >= 15 is 0 Å². The van der Waals surface area contributed by atoms with Crippen LogP contribution in [0.1, 0.15) is 19.8 Å². The molecule has 0 bridgehead atoms. The lowest BCUT2D eigenvalue weighted by Gasteiger charge is -2.05. The van der Waals surface area contributed by atoms with Gasteiger partial charge in [0.05, 0.1) is 12.9 Å². The summed E-state index contributed by atoms with van der Waals surface area (Å²) in [6.45, 7) is 4.07. The quantitative estimate of drug-likeness (QED) is 0.635. The lowest BCUT2D eigenvalue weighted by atomic mass is 10.4. The summed E-state index contributed by atoms with van der Waals surface area (Å²) in [5, 5.41) is 3.00. The van der Waals surface area contributed by atoms with Gasteiger partial charge in [0, 0.05) is 13.2 Å². The number of aromatic amines is 2. The molecule has 0 saturated carbocycles. The van der Waals surface area contributed by atoms with E-state index in [0.29, 0.717) is 30.3 Å². The Bertz CT molecular complexity index is 548. The van der Waals surface area contributed by atoms with Gasteiger partial charge in [0.2, 0.25) is 5.95 Å². The van der Waals surface area contributed by atoms with Crippen molar-refractivity contribution in [1.29, 1.82) is 0 Å². The Labute approximate surface area is 104 Å². The first kappa shape index (κ1) is 12.6. The molecule has 0 atom stereocenters. The first-order valence-corrected chi connectivity index (χ1v) is 6.06. The Morgan fingerprint density at radius 1 is 1.44 bits per heavy atom. The second kappa shape index (κ2) is 6.15. The van der Waals surface area contributed by atoms with Gasteiger partial charge in [0.1, 0.15) is 0 Å². The van der Waals surface area contributed by atoms with Crippen LogP contribution in [0.3, 0.4) is 0 Å². The number of H-pyrrole nitrogens is 2. The third-order valence-corrected chi connectivity index (χ3v) is 2.48. The highest BCUT2D eigenvalue weighted by Gasteiger charge is 2.04. The highest BCUT2D eigenvalue weighted by atomic mass is 16.5. The van der Waals surface area contributed by atoms with E-state index in [1.165, 1.54) is 6.33 Å². The predicted molar refractivity (Wildman–Crippen MR) is 68.7 cm³/mol. The normalized spacial score (nSPS) is 10.9. The van der Waals surface area contributed by atoms with E-state index in [9.17, 15) is 4.79 Å². The second-order valence-corrected chi connectivity index (χ2v) is 3.91. The van der Waals surface area contributed by atoms with Gasteiger partial charge in [-0.2, -0.15) is 4.98 Å². The summed E-state index contributed by atoms with van der Waals surface area (Å²) in [7, 11) is 0. The van der Waals surface area contributed by atoms with Crippen LogP contribution in [-0.4, -0.2) is 39.7 Å². The van der Waals surface area contributed by atoms with Crippen LogP contribution in [0.25, 0.3) is 11.2 Å². The van der Waals surface area contributed by atoms with E-state index in [2.05, 4.69) is 32.2 Å². The summed E-state index contributed by atoms with van der Waals surface area (Å²) >= 11 is 0. The minimum absolute atomic E-state index is 0.230. The van der Waals surface area contributed by atoms with E-state index in [0.717, 1.165) is 19.4 Å². The molecule has 3 N–H and O–H groups in total. The van der Waals surface area contributed by atoms with Gasteiger partial charge in [-0.15, -0.1) is 0 Å². The molecule has 0 aliphatic carbocycles. The molecular weight excluding hydrogens is 234 g/mol. The number of nitrogens with one attached hydrogen (secondary N) is 3. The smallest absolute Gasteiger partial charge is 0.278 e. The highest BCUT2D eigenvalue weighted by Crippen LogP contribution is 2.02. The van der Waals surface area contributed by atoms with Crippen LogP contribution in [0.15, 0.2) is 11.1 Å². The van der Waals surface area contributed by atoms with Crippen molar-refractivity contribution in [3.8, 4) is 0 Å². The van der Waals surface area contributed by atoms with Crippen LogP contribution in [-0.2, 0) is 4.74 Å². The molecule has 7 heteroatoms. The molecule has 0 radical (unpaired) electrons. The third-order valence-electron chi connectivity index (χ3n) is 2.48. The maximum absolute atomic E-state index is 11.6. The number of nitrogens with zero attached hydrogens (tertiary/aromatic N) is 2. The van der Waals surface area contributed by atoms with Crippen molar-refractivity contribution in [3.63, 3.8) is 0 Å². The van der Waals surface area contributed by atoms with Crippen molar-refractivity contribution in [1.82, 2.24) is 19.9 Å². The zero-order chi connectivity index (χ0) is 12.8. The summed E-state index contributed by atoms with van der Waals surface area (Å²) in [5.74, 6) is 0.415. The monoisotopic (exact) mass is 251 g/mol. The van der Waals surface area contributed by atoms with Crippen LogP contribution < -0.4 is 10.9 Å². The van der Waals surface area contributed by atoms with Gasteiger partial charge in [-0.3, -0.25) is 9.78 Å². The van der Waals surface area contributed by atoms with Crippen LogP contribution in [0.2, 0.25) is 0 Å². The Morgan fingerprint density at radius 2 is 2.33 bits per heavy atom. The minimum atomic E-state index is -0.230. The van der Waals surface area contributed by atoms with Crippen molar-refractivity contribution in [2.75, 3.05) is 25.1 Å². The molecule has 98 valence electrons. The molecule has 18 heavy (non-hydrogen) atoms. The maximum Gasteiger partial charge on any atom is 0.278 e. The maximum atomic E-state index is 11.6. The third kappa shape index (κ3) is 3.07. The molecule has 0 aliphatic heterocycles. The molecule has 2 aromatic rings. The van der Waals surface area contributed by atoms with Crippen LogP contribution in [0.4, 0.5) is 5.95 Å². The summed E-state index contributed by atoms with van der Waals surface area (Å²) in [4.78, 5) is 25.1.